The second-order valence-corrected chi connectivity index (χ2v) is 1.06. The van der Waals surface area contributed by atoms with Crippen LogP contribution in [0.2, 0.25) is 0 Å². The zero-order valence-electron chi connectivity index (χ0n) is 3.58. The Labute approximate surface area is 75.8 Å². The summed E-state index contributed by atoms with van der Waals surface area (Å²) >= 11 is 0. The van der Waals surface area contributed by atoms with Crippen molar-refractivity contribution in [2.75, 3.05) is 0 Å². The van der Waals surface area contributed by atoms with Crippen LogP contribution < -0.4 is 34.0 Å². The second-order valence-electron chi connectivity index (χ2n) is 1.06. The molecule has 34 valence electrons. The molecule has 0 atom stereocenters. The third-order valence-electron chi connectivity index (χ3n) is 0.354. The summed E-state index contributed by atoms with van der Waals surface area (Å²) in [5.74, 6) is 0. The van der Waals surface area contributed by atoms with Gasteiger partial charge < -0.3 is 34.0 Å². The van der Waals surface area contributed by atoms with E-state index in [0.717, 1.165) is 0 Å². The molecule has 0 nitrogen and oxygen atoms in total. The number of hydrogen-bond donors (Lipinski definition) is 0. The molecule has 1 saturated carbocycles. The van der Waals surface area contributed by atoms with E-state index in [4.69, 9.17) is 0 Å². The van der Waals surface area contributed by atoms with Crippen LogP contribution in [0.15, 0.2) is 0 Å². The molecule has 0 unspecified atom stereocenters. The van der Waals surface area contributed by atoms with Gasteiger partial charge in [0.1, 0.15) is 0 Å². The maximum Gasteiger partial charge on any atom is 2.00 e. The van der Waals surface area contributed by atoms with E-state index in [1.54, 1.807) is 0 Å². The molecule has 1 aliphatic carbocycles. The van der Waals surface area contributed by atoms with Crippen LogP contribution >= 0.6 is 0 Å². The Hall–Kier alpha value is 1.73. The molecule has 1 aliphatic rings. The molecule has 0 spiro atoms. The Morgan fingerprint density at radius 1 is 0.667 bits per heavy atom. The topological polar surface area (TPSA) is 0 Å². The van der Waals surface area contributed by atoms with Gasteiger partial charge in [-0.15, -0.1) is 0 Å². The van der Waals surface area contributed by atoms with Gasteiger partial charge in [-0.2, -0.15) is 0 Å². The average Bonchev–Trinajstić information content (AvgIpc) is 1.46. The summed E-state index contributed by atoms with van der Waals surface area (Å²) in [6.07, 6.45) is 4.50. The van der Waals surface area contributed by atoms with Crippen molar-refractivity contribution in [2.45, 2.75) is 19.3 Å². The summed E-state index contributed by atoms with van der Waals surface area (Å²) < 4.78 is 0. The van der Waals surface area contributed by atoms with Crippen molar-refractivity contribution in [1.29, 1.82) is 0 Å². The molecular weight excluding hydrogens is 220 g/mol. The van der Waals surface area contributed by atoms with Gasteiger partial charge in [-0.05, 0) is 0 Å². The summed E-state index contributed by atoms with van der Waals surface area (Å²) in [6.45, 7) is 0. The standard InChI is InChI=1S/C3H6.2BrH.Mg/c1-2-3-1;;;/h1-3H2;2*1H;/q;;;+2/p-2. The Bertz CT molecular complexity index is 13.5. The van der Waals surface area contributed by atoms with E-state index in [0.29, 0.717) is 0 Å². The van der Waals surface area contributed by atoms with Gasteiger partial charge in [-0.25, -0.2) is 0 Å². The van der Waals surface area contributed by atoms with Crippen LogP contribution in [0.5, 0.6) is 0 Å². The van der Waals surface area contributed by atoms with Crippen molar-refractivity contribution in [3.05, 3.63) is 0 Å². The summed E-state index contributed by atoms with van der Waals surface area (Å²) in [6, 6.07) is 0. The molecule has 0 aromatic carbocycles. The minimum Gasteiger partial charge on any atom is -1.00 e. The van der Waals surface area contributed by atoms with Gasteiger partial charge in [-0.3, -0.25) is 0 Å². The minimum absolute atomic E-state index is 0. The predicted octanol–water partition coefficient (Wildman–Crippen LogP) is -5.20. The molecule has 0 heterocycles. The summed E-state index contributed by atoms with van der Waals surface area (Å²) in [7, 11) is 0. The van der Waals surface area contributed by atoms with Gasteiger partial charge in [0.15, 0.2) is 0 Å². The van der Waals surface area contributed by atoms with Gasteiger partial charge >= 0.3 is 23.1 Å². The third-order valence-corrected chi connectivity index (χ3v) is 0.354. The second kappa shape index (κ2) is 9.87. The van der Waals surface area contributed by atoms with Crippen LogP contribution in [0.25, 0.3) is 0 Å². The first-order chi connectivity index (χ1) is 1.50. The first-order valence-electron chi connectivity index (χ1n) is 1.50. The third kappa shape index (κ3) is 17.2. The summed E-state index contributed by atoms with van der Waals surface area (Å²) in [5, 5.41) is 0. The molecule has 0 bridgehead atoms. The Kier molecular flexibility index (Phi) is 25.8. The van der Waals surface area contributed by atoms with E-state index in [1.165, 1.54) is 19.3 Å². The molecule has 1 rings (SSSR count). The van der Waals surface area contributed by atoms with Crippen molar-refractivity contribution >= 4 is 23.1 Å². The van der Waals surface area contributed by atoms with Gasteiger partial charge in [0.25, 0.3) is 0 Å². The molecule has 3 heteroatoms. The van der Waals surface area contributed by atoms with Crippen LogP contribution in [-0.4, -0.2) is 23.1 Å². The Morgan fingerprint density at radius 2 is 0.833 bits per heavy atom. The molecule has 0 radical (unpaired) electrons. The number of rotatable bonds is 0. The average molecular weight is 226 g/mol. The fourth-order valence-corrected chi connectivity index (χ4v) is 0. The summed E-state index contributed by atoms with van der Waals surface area (Å²) in [4.78, 5) is 0. The Morgan fingerprint density at radius 3 is 0.833 bits per heavy atom. The van der Waals surface area contributed by atoms with E-state index in [2.05, 4.69) is 0 Å². The summed E-state index contributed by atoms with van der Waals surface area (Å²) in [5.41, 5.74) is 0. The zero-order chi connectivity index (χ0) is 2.12. The Balaban J connectivity index is -0.0000000300. The van der Waals surface area contributed by atoms with Gasteiger partial charge in [0.05, 0.1) is 0 Å². The SMILES string of the molecule is C1CC1.[Br-].[Br-].[Mg+2]. The molecule has 0 aromatic heterocycles. The van der Waals surface area contributed by atoms with E-state index in [9.17, 15) is 0 Å². The first kappa shape index (κ1) is 15.6. The molecule has 0 aromatic rings. The number of hydrogen-bond acceptors (Lipinski definition) is 0. The molecule has 1 fully saturated rings. The van der Waals surface area contributed by atoms with Gasteiger partial charge in [0.2, 0.25) is 0 Å². The molecule has 0 amide bonds. The van der Waals surface area contributed by atoms with Gasteiger partial charge in [-0.1, -0.05) is 19.3 Å². The normalized spacial score (nSPS) is 12.0. The molecule has 0 N–H and O–H groups in total. The van der Waals surface area contributed by atoms with Crippen LogP contribution in [-0.2, 0) is 0 Å². The largest absolute Gasteiger partial charge is 2.00 e. The maximum atomic E-state index is 1.50. The van der Waals surface area contributed by atoms with Crippen LogP contribution in [0.4, 0.5) is 0 Å². The fourth-order valence-electron chi connectivity index (χ4n) is 0. The minimum atomic E-state index is 0. The van der Waals surface area contributed by atoms with E-state index < -0.39 is 0 Å². The van der Waals surface area contributed by atoms with E-state index in [-0.39, 0.29) is 57.0 Å². The number of halogens is 2. The van der Waals surface area contributed by atoms with Crippen molar-refractivity contribution < 1.29 is 34.0 Å². The molecule has 0 aliphatic heterocycles. The van der Waals surface area contributed by atoms with E-state index >= 15 is 0 Å². The van der Waals surface area contributed by atoms with E-state index in [1.807, 2.05) is 0 Å². The molecule has 0 saturated heterocycles. The van der Waals surface area contributed by atoms with Gasteiger partial charge in [0, 0.05) is 0 Å². The van der Waals surface area contributed by atoms with Crippen LogP contribution in [0.1, 0.15) is 19.3 Å². The van der Waals surface area contributed by atoms with Crippen molar-refractivity contribution in [3.8, 4) is 0 Å². The molecule has 6 heavy (non-hydrogen) atoms. The van der Waals surface area contributed by atoms with Crippen LogP contribution in [0, 0.1) is 0 Å². The smallest absolute Gasteiger partial charge is 1.00 e. The predicted molar refractivity (Wildman–Crippen MR) is 19.6 cm³/mol. The zero-order valence-corrected chi connectivity index (χ0v) is 8.17. The molecular formula is C3H6Br2Mg. The van der Waals surface area contributed by atoms with Crippen molar-refractivity contribution in [1.82, 2.24) is 0 Å². The van der Waals surface area contributed by atoms with Crippen molar-refractivity contribution in [2.24, 2.45) is 0 Å². The fraction of sp³-hybridized carbons (Fsp3) is 1.00. The van der Waals surface area contributed by atoms with Crippen molar-refractivity contribution in [3.63, 3.8) is 0 Å². The first-order valence-corrected chi connectivity index (χ1v) is 1.50. The maximum absolute atomic E-state index is 1.50. The quantitative estimate of drug-likeness (QED) is 0.362. The monoisotopic (exact) mass is 224 g/mol. The van der Waals surface area contributed by atoms with Crippen LogP contribution in [0.3, 0.4) is 0 Å².